The number of allylic oxidation sites excluding steroid dienone is 1. The van der Waals surface area contributed by atoms with E-state index in [9.17, 15) is 8.42 Å². The lowest BCUT2D eigenvalue weighted by Crippen LogP contribution is -2.03. The average molecular weight is 398 g/mol. The van der Waals surface area contributed by atoms with Crippen LogP contribution in [-0.2, 0) is 16.9 Å². The summed E-state index contributed by atoms with van der Waals surface area (Å²) in [4.78, 5) is 0.141. The van der Waals surface area contributed by atoms with Crippen molar-refractivity contribution in [2.75, 3.05) is 0 Å². The monoisotopic (exact) mass is 397 g/mol. The molecule has 1 aromatic carbocycles. The van der Waals surface area contributed by atoms with Crippen LogP contribution in [-0.4, -0.2) is 13.0 Å². The standard InChI is InChI=1S/C16H16BrNO2S2/c1-11-5-4-6-13(7-11)14-8-18(3)9-15(16(14)21)22(19,20)10-12(2)17/h4-10H,1-3H3. The summed E-state index contributed by atoms with van der Waals surface area (Å²) in [5, 5.41) is 1.18. The van der Waals surface area contributed by atoms with Crippen LogP contribution in [0, 0.1) is 11.4 Å². The van der Waals surface area contributed by atoms with Crippen molar-refractivity contribution in [3.63, 3.8) is 0 Å². The van der Waals surface area contributed by atoms with Gasteiger partial charge in [0.1, 0.15) is 4.90 Å². The molecule has 0 atom stereocenters. The molecule has 0 aliphatic rings. The Bertz CT molecular complexity index is 908. The summed E-state index contributed by atoms with van der Waals surface area (Å²) in [5.41, 5.74) is 2.75. The highest BCUT2D eigenvalue weighted by molar-refractivity contribution is 9.11. The van der Waals surface area contributed by atoms with Crippen LogP contribution in [0.4, 0.5) is 0 Å². The molecule has 0 bridgehead atoms. The molecule has 0 saturated heterocycles. The minimum Gasteiger partial charge on any atom is -0.355 e. The Morgan fingerprint density at radius 1 is 1.32 bits per heavy atom. The molecule has 1 aromatic heterocycles. The largest absolute Gasteiger partial charge is 0.355 e. The molecule has 0 radical (unpaired) electrons. The molecule has 0 N–H and O–H groups in total. The number of hydrogen-bond acceptors (Lipinski definition) is 3. The van der Waals surface area contributed by atoms with Gasteiger partial charge in [-0.2, -0.15) is 0 Å². The SMILES string of the molecule is CC(Br)=CS(=O)(=O)c1cn(C)cc(-c2cccc(C)c2)c1=S. The first-order chi connectivity index (χ1) is 10.2. The van der Waals surface area contributed by atoms with E-state index in [-0.39, 0.29) is 4.90 Å². The molecule has 6 heteroatoms. The number of rotatable bonds is 3. The first-order valence-corrected chi connectivity index (χ1v) is 9.31. The van der Waals surface area contributed by atoms with Crippen molar-refractivity contribution in [1.82, 2.24) is 4.57 Å². The van der Waals surface area contributed by atoms with E-state index in [4.69, 9.17) is 12.2 Å². The number of hydrogen-bond donors (Lipinski definition) is 0. The van der Waals surface area contributed by atoms with E-state index in [1.807, 2.05) is 37.4 Å². The molecule has 22 heavy (non-hydrogen) atoms. The first-order valence-electron chi connectivity index (χ1n) is 6.57. The van der Waals surface area contributed by atoms with Gasteiger partial charge in [0, 0.05) is 34.9 Å². The van der Waals surface area contributed by atoms with Crippen molar-refractivity contribution >= 4 is 38.0 Å². The van der Waals surface area contributed by atoms with Gasteiger partial charge in [0.2, 0.25) is 9.84 Å². The Morgan fingerprint density at radius 3 is 2.59 bits per heavy atom. The van der Waals surface area contributed by atoms with Crippen molar-refractivity contribution in [3.8, 4) is 11.1 Å². The molecule has 2 rings (SSSR count). The van der Waals surface area contributed by atoms with Crippen LogP contribution in [0.25, 0.3) is 11.1 Å². The summed E-state index contributed by atoms with van der Waals surface area (Å²) in [5.74, 6) is 0. The zero-order valence-electron chi connectivity index (χ0n) is 12.5. The van der Waals surface area contributed by atoms with Crippen LogP contribution in [0.1, 0.15) is 12.5 Å². The molecule has 3 nitrogen and oxygen atoms in total. The zero-order chi connectivity index (χ0) is 16.5. The second-order valence-electron chi connectivity index (χ2n) is 5.15. The number of halogens is 1. The van der Waals surface area contributed by atoms with Gasteiger partial charge < -0.3 is 4.57 Å². The minimum atomic E-state index is -3.59. The van der Waals surface area contributed by atoms with Crippen LogP contribution in [0.5, 0.6) is 0 Å². The van der Waals surface area contributed by atoms with E-state index in [2.05, 4.69) is 15.9 Å². The first kappa shape index (κ1) is 17.1. The Hall–Kier alpha value is -1.24. The molecule has 0 aliphatic heterocycles. The van der Waals surface area contributed by atoms with E-state index >= 15 is 0 Å². The number of aryl methyl sites for hydroxylation is 2. The topological polar surface area (TPSA) is 39.1 Å². The summed E-state index contributed by atoms with van der Waals surface area (Å²) in [6.45, 7) is 3.66. The molecular formula is C16H16BrNO2S2. The number of aromatic nitrogens is 1. The number of pyridine rings is 1. The number of nitrogens with zero attached hydrogens (tertiary/aromatic N) is 1. The minimum absolute atomic E-state index is 0.141. The summed E-state index contributed by atoms with van der Waals surface area (Å²) in [6.07, 6.45) is 3.39. The lowest BCUT2D eigenvalue weighted by atomic mass is 10.1. The van der Waals surface area contributed by atoms with Crippen molar-refractivity contribution in [2.24, 2.45) is 7.05 Å². The van der Waals surface area contributed by atoms with Crippen LogP contribution >= 0.6 is 28.1 Å². The Labute approximate surface area is 144 Å². The van der Waals surface area contributed by atoms with Crippen LogP contribution in [0.3, 0.4) is 0 Å². The van der Waals surface area contributed by atoms with Gasteiger partial charge in [-0.15, -0.1) is 0 Å². The maximum atomic E-state index is 12.5. The van der Waals surface area contributed by atoms with Gasteiger partial charge in [-0.1, -0.05) is 58.0 Å². The highest BCUT2D eigenvalue weighted by Gasteiger charge is 2.17. The molecule has 116 valence electrons. The fourth-order valence-corrected chi connectivity index (χ4v) is 4.72. The maximum absolute atomic E-state index is 12.5. The van der Waals surface area contributed by atoms with Gasteiger partial charge in [-0.25, -0.2) is 8.42 Å². The van der Waals surface area contributed by atoms with Crippen LogP contribution < -0.4 is 0 Å². The molecule has 0 saturated carbocycles. The third kappa shape index (κ3) is 3.74. The van der Waals surface area contributed by atoms with Crippen molar-refractivity contribution in [2.45, 2.75) is 18.7 Å². The van der Waals surface area contributed by atoms with Crippen molar-refractivity contribution in [1.29, 1.82) is 0 Å². The smallest absolute Gasteiger partial charge is 0.203 e. The predicted molar refractivity (Wildman–Crippen MR) is 96.3 cm³/mol. The lowest BCUT2D eigenvalue weighted by Gasteiger charge is -2.10. The Kier molecular flexibility index (Phi) is 5.04. The molecule has 0 amide bonds. The molecule has 1 heterocycles. The molecule has 0 fully saturated rings. The summed E-state index contributed by atoms with van der Waals surface area (Å²) >= 11 is 8.61. The van der Waals surface area contributed by atoms with Crippen LogP contribution in [0.15, 0.2) is 51.4 Å². The predicted octanol–water partition coefficient (Wildman–Crippen LogP) is 4.76. The van der Waals surface area contributed by atoms with Gasteiger partial charge in [-0.05, 0) is 19.4 Å². The second kappa shape index (κ2) is 6.48. The van der Waals surface area contributed by atoms with E-state index in [1.165, 1.54) is 5.41 Å². The Morgan fingerprint density at radius 2 is 2.00 bits per heavy atom. The van der Waals surface area contributed by atoms with E-state index in [0.717, 1.165) is 16.7 Å². The third-order valence-corrected chi connectivity index (χ3v) is 5.76. The molecular weight excluding hydrogens is 382 g/mol. The fourth-order valence-electron chi connectivity index (χ4n) is 2.17. The molecule has 2 aromatic rings. The Balaban J connectivity index is 2.76. The highest BCUT2D eigenvalue weighted by atomic mass is 79.9. The third-order valence-electron chi connectivity index (χ3n) is 3.08. The van der Waals surface area contributed by atoms with Gasteiger partial charge in [0.25, 0.3) is 0 Å². The van der Waals surface area contributed by atoms with Gasteiger partial charge in [0.15, 0.2) is 0 Å². The average Bonchev–Trinajstić information content (AvgIpc) is 2.39. The van der Waals surface area contributed by atoms with Crippen LogP contribution in [0.2, 0.25) is 0 Å². The highest BCUT2D eigenvalue weighted by Crippen LogP contribution is 2.27. The zero-order valence-corrected chi connectivity index (χ0v) is 15.7. The van der Waals surface area contributed by atoms with Crippen molar-refractivity contribution in [3.05, 3.63) is 56.6 Å². The second-order valence-corrected chi connectivity index (χ2v) is 8.57. The van der Waals surface area contributed by atoms with E-state index in [0.29, 0.717) is 8.99 Å². The molecule has 0 spiro atoms. The fraction of sp³-hybridized carbons (Fsp3) is 0.188. The van der Waals surface area contributed by atoms with E-state index < -0.39 is 9.84 Å². The summed E-state index contributed by atoms with van der Waals surface area (Å²) in [6, 6.07) is 7.85. The number of sulfone groups is 1. The van der Waals surface area contributed by atoms with Gasteiger partial charge in [0.05, 0.1) is 4.51 Å². The van der Waals surface area contributed by atoms with E-state index in [1.54, 1.807) is 24.7 Å². The summed E-state index contributed by atoms with van der Waals surface area (Å²) in [7, 11) is -1.80. The van der Waals surface area contributed by atoms with Gasteiger partial charge in [-0.3, -0.25) is 0 Å². The lowest BCUT2D eigenvalue weighted by molar-refractivity contribution is 0.603. The quantitative estimate of drug-likeness (QED) is 0.700. The van der Waals surface area contributed by atoms with Gasteiger partial charge >= 0.3 is 0 Å². The molecule has 0 unspecified atom stereocenters. The maximum Gasteiger partial charge on any atom is 0.203 e. The van der Waals surface area contributed by atoms with Crippen molar-refractivity contribution < 1.29 is 8.42 Å². The normalized spacial score (nSPS) is 12.5. The molecule has 0 aliphatic carbocycles. The summed E-state index contributed by atoms with van der Waals surface area (Å²) < 4.78 is 27.6. The number of benzene rings is 1.